The Labute approximate surface area is 248 Å². The van der Waals surface area contributed by atoms with Gasteiger partial charge in [-0.05, 0) is 31.2 Å². The van der Waals surface area contributed by atoms with Crippen LogP contribution in [0.5, 0.6) is 0 Å². The number of likely N-dealkylation sites (tertiary alicyclic amines) is 1. The lowest BCUT2D eigenvalue weighted by atomic mass is 10.1. The number of carboxylic acid groups (broad SMARTS) is 1. The second kappa shape index (κ2) is 17.4. The van der Waals surface area contributed by atoms with E-state index < -0.39 is 72.1 Å². The summed E-state index contributed by atoms with van der Waals surface area (Å²) in [5, 5.41) is 16.4. The van der Waals surface area contributed by atoms with Crippen LogP contribution in [0.25, 0.3) is 0 Å². The van der Waals surface area contributed by atoms with Crippen molar-refractivity contribution < 1.29 is 48.1 Å². The van der Waals surface area contributed by atoms with Gasteiger partial charge in [0.1, 0.15) is 18.1 Å². The number of hydrogen-bond acceptors (Lipinski definition) is 10. The maximum Gasteiger partial charge on any atom is 0.328 e. The van der Waals surface area contributed by atoms with E-state index in [9.17, 15) is 33.6 Å². The molecule has 15 heteroatoms. The van der Waals surface area contributed by atoms with E-state index in [0.29, 0.717) is 12.8 Å². The van der Waals surface area contributed by atoms with Gasteiger partial charge in [0.15, 0.2) is 0 Å². The number of carbonyl (C=O) groups is 7. The first-order chi connectivity index (χ1) is 20.5. The van der Waals surface area contributed by atoms with Gasteiger partial charge in [-0.2, -0.15) is 0 Å². The molecule has 1 fully saturated rings. The molecule has 0 radical (unpaired) electrons. The number of carboxylic acids is 1. The first-order valence-electron chi connectivity index (χ1n) is 13.8. The fourth-order valence-electron chi connectivity index (χ4n) is 4.58. The van der Waals surface area contributed by atoms with E-state index in [-0.39, 0.29) is 38.8 Å². The number of nitrogens with zero attached hydrogens (tertiary/aromatic N) is 1. The average Bonchev–Trinajstić information content (AvgIpc) is 3.48. The number of hydrogen-bond donors (Lipinski definition) is 5. The van der Waals surface area contributed by atoms with E-state index in [1.165, 1.54) is 4.90 Å². The van der Waals surface area contributed by atoms with Crippen molar-refractivity contribution in [2.75, 3.05) is 27.3 Å². The van der Waals surface area contributed by atoms with Crippen LogP contribution in [0.3, 0.4) is 0 Å². The molecule has 0 aliphatic carbocycles. The summed E-state index contributed by atoms with van der Waals surface area (Å²) in [7, 11) is 2.19. The molecule has 1 aromatic rings. The van der Waals surface area contributed by atoms with Crippen molar-refractivity contribution in [1.82, 2.24) is 20.9 Å². The van der Waals surface area contributed by atoms with Gasteiger partial charge in [-0.25, -0.2) is 9.59 Å². The molecule has 1 saturated heterocycles. The average molecular weight is 606 g/mol. The molecular weight excluding hydrogens is 566 g/mol. The summed E-state index contributed by atoms with van der Waals surface area (Å²) in [5.74, 6) is -5.21. The minimum atomic E-state index is -1.42. The van der Waals surface area contributed by atoms with Crippen molar-refractivity contribution in [3.05, 3.63) is 35.9 Å². The number of nitrogens with two attached hydrogens (primary N) is 1. The maximum absolute atomic E-state index is 13.0. The molecular formula is C28H39N5O10. The zero-order chi connectivity index (χ0) is 31.9. The Hall–Kier alpha value is -4.53. The lowest BCUT2D eigenvalue weighted by Crippen LogP contribution is -2.52. The Morgan fingerprint density at radius 2 is 1.63 bits per heavy atom. The van der Waals surface area contributed by atoms with Gasteiger partial charge >= 0.3 is 17.9 Å². The van der Waals surface area contributed by atoms with Gasteiger partial charge in [0, 0.05) is 25.9 Å². The molecule has 1 aliphatic rings. The molecule has 4 amide bonds. The number of benzene rings is 1. The van der Waals surface area contributed by atoms with Crippen molar-refractivity contribution in [3.8, 4) is 0 Å². The van der Waals surface area contributed by atoms with Crippen LogP contribution in [0.4, 0.5) is 0 Å². The van der Waals surface area contributed by atoms with Crippen molar-refractivity contribution in [2.24, 2.45) is 5.73 Å². The SMILES string of the molecule is COC(=O)[C@H](CCC(=O)N1CCC[C@H]1C(=O)N[C@H](CC(=O)O)C(=O)OC)NC(=O)CCNC(=O)[C@@H](N)Cc1ccccc1. The van der Waals surface area contributed by atoms with Crippen LogP contribution in [0.2, 0.25) is 0 Å². The van der Waals surface area contributed by atoms with Crippen LogP contribution in [0.15, 0.2) is 30.3 Å². The molecule has 0 spiro atoms. The van der Waals surface area contributed by atoms with Gasteiger partial charge in [0.25, 0.3) is 0 Å². The van der Waals surface area contributed by atoms with Gasteiger partial charge in [0.05, 0.1) is 26.7 Å². The number of methoxy groups -OCH3 is 2. The number of aliphatic carboxylic acids is 1. The van der Waals surface area contributed by atoms with Crippen LogP contribution in [0, 0.1) is 0 Å². The summed E-state index contributed by atoms with van der Waals surface area (Å²) in [4.78, 5) is 87.1. The number of nitrogens with one attached hydrogen (secondary N) is 3. The molecule has 4 atom stereocenters. The minimum absolute atomic E-state index is 0.0288. The summed E-state index contributed by atoms with van der Waals surface area (Å²) < 4.78 is 9.30. The van der Waals surface area contributed by atoms with Crippen molar-refractivity contribution in [3.63, 3.8) is 0 Å². The van der Waals surface area contributed by atoms with Gasteiger partial charge in [0.2, 0.25) is 23.6 Å². The first kappa shape index (κ1) is 34.7. The second-order valence-corrected chi connectivity index (χ2v) is 9.95. The van der Waals surface area contributed by atoms with Gasteiger partial charge in [-0.1, -0.05) is 30.3 Å². The first-order valence-corrected chi connectivity index (χ1v) is 13.8. The number of amides is 4. The van der Waals surface area contributed by atoms with Crippen LogP contribution >= 0.6 is 0 Å². The summed E-state index contributed by atoms with van der Waals surface area (Å²) in [6.45, 7) is 0.207. The van der Waals surface area contributed by atoms with Gasteiger partial charge in [-0.15, -0.1) is 0 Å². The number of esters is 2. The van der Waals surface area contributed by atoms with E-state index >= 15 is 0 Å². The summed E-state index contributed by atoms with van der Waals surface area (Å²) in [6.07, 6.45) is -0.0866. The van der Waals surface area contributed by atoms with E-state index in [4.69, 9.17) is 15.6 Å². The smallest absolute Gasteiger partial charge is 0.328 e. The normalized spacial score (nSPS) is 16.3. The highest BCUT2D eigenvalue weighted by Gasteiger charge is 2.37. The van der Waals surface area contributed by atoms with Crippen LogP contribution in [-0.2, 0) is 49.5 Å². The van der Waals surface area contributed by atoms with E-state index in [2.05, 4.69) is 20.7 Å². The van der Waals surface area contributed by atoms with Crippen molar-refractivity contribution >= 4 is 41.5 Å². The second-order valence-electron chi connectivity index (χ2n) is 9.95. The number of rotatable bonds is 16. The monoisotopic (exact) mass is 605 g/mol. The lowest BCUT2D eigenvalue weighted by molar-refractivity contribution is -0.150. The highest BCUT2D eigenvalue weighted by atomic mass is 16.5. The topological polar surface area (TPSA) is 224 Å². The zero-order valence-electron chi connectivity index (χ0n) is 24.2. The van der Waals surface area contributed by atoms with Crippen molar-refractivity contribution in [1.29, 1.82) is 0 Å². The van der Waals surface area contributed by atoms with E-state index in [0.717, 1.165) is 19.8 Å². The Kier molecular flexibility index (Phi) is 14.1. The molecule has 2 rings (SSSR count). The Balaban J connectivity index is 1.87. The molecule has 0 saturated carbocycles. The standard InChI is InChI=1S/C28H39N5O10/c1-42-27(40)19(31-22(34)12-13-30-25(38)18(29)15-17-7-4-3-5-8-17)10-11-23(35)33-14-6-9-21(33)26(39)32-20(16-24(36)37)28(41)43-2/h3-5,7-8,18-21H,6,9-16,29H2,1-2H3,(H,30,38)(H,31,34)(H,32,39)(H,36,37)/t18-,19-,20+,21-/m0/s1. The lowest BCUT2D eigenvalue weighted by Gasteiger charge is -2.26. The Morgan fingerprint density at radius 3 is 2.26 bits per heavy atom. The molecule has 1 aliphatic heterocycles. The predicted molar refractivity (Wildman–Crippen MR) is 150 cm³/mol. The quantitative estimate of drug-likeness (QED) is 0.138. The van der Waals surface area contributed by atoms with Gasteiger partial charge < -0.3 is 41.2 Å². The summed E-state index contributed by atoms with van der Waals surface area (Å²) in [6, 6.07) is 4.88. The molecule has 1 aromatic carbocycles. The molecule has 15 nitrogen and oxygen atoms in total. The predicted octanol–water partition coefficient (Wildman–Crippen LogP) is -1.38. The Bertz CT molecular complexity index is 1160. The van der Waals surface area contributed by atoms with Crippen LogP contribution < -0.4 is 21.7 Å². The third-order valence-corrected chi connectivity index (χ3v) is 6.81. The molecule has 43 heavy (non-hydrogen) atoms. The molecule has 0 unspecified atom stereocenters. The largest absolute Gasteiger partial charge is 0.481 e. The fraction of sp³-hybridized carbons (Fsp3) is 0.536. The highest BCUT2D eigenvalue weighted by molar-refractivity contribution is 5.93. The molecule has 6 N–H and O–H groups in total. The fourth-order valence-corrected chi connectivity index (χ4v) is 4.58. The highest BCUT2D eigenvalue weighted by Crippen LogP contribution is 2.20. The minimum Gasteiger partial charge on any atom is -0.481 e. The Morgan fingerprint density at radius 1 is 0.977 bits per heavy atom. The third kappa shape index (κ3) is 11.3. The van der Waals surface area contributed by atoms with Gasteiger partial charge in [-0.3, -0.25) is 24.0 Å². The van der Waals surface area contributed by atoms with E-state index in [1.54, 1.807) is 0 Å². The summed E-state index contributed by atoms with van der Waals surface area (Å²) in [5.41, 5.74) is 6.83. The molecule has 1 heterocycles. The molecule has 236 valence electrons. The van der Waals surface area contributed by atoms with E-state index in [1.807, 2.05) is 30.3 Å². The van der Waals surface area contributed by atoms with Crippen molar-refractivity contribution in [2.45, 2.75) is 69.1 Å². The zero-order valence-corrected chi connectivity index (χ0v) is 24.2. The van der Waals surface area contributed by atoms with Crippen LogP contribution in [0.1, 0.15) is 44.1 Å². The molecule has 0 bridgehead atoms. The van der Waals surface area contributed by atoms with Crippen LogP contribution in [-0.4, -0.2) is 103 Å². The maximum atomic E-state index is 13.0. The summed E-state index contributed by atoms with van der Waals surface area (Å²) >= 11 is 0. The number of carbonyl (C=O) groups excluding carboxylic acids is 6. The number of ether oxygens (including phenoxy) is 2. The third-order valence-electron chi connectivity index (χ3n) is 6.81. The molecule has 0 aromatic heterocycles.